The van der Waals surface area contributed by atoms with E-state index in [0.29, 0.717) is 41.6 Å². The lowest BCUT2D eigenvalue weighted by Gasteiger charge is -2.31. The third kappa shape index (κ3) is 8.05. The van der Waals surface area contributed by atoms with Crippen LogP contribution in [0.2, 0.25) is 10.0 Å². The molecule has 0 aromatic heterocycles. The minimum absolute atomic E-state index is 0.0320. The molecule has 1 spiro atoms. The highest BCUT2D eigenvalue weighted by molar-refractivity contribution is 6.38. The number of amides is 3. The van der Waals surface area contributed by atoms with Crippen LogP contribution in [0.15, 0.2) is 53.7 Å². The topological polar surface area (TPSA) is 117 Å². The molecule has 9 nitrogen and oxygen atoms in total. The third-order valence-corrected chi connectivity index (χ3v) is 11.0. The third-order valence-electron chi connectivity index (χ3n) is 10.3. The highest BCUT2D eigenvalue weighted by Crippen LogP contribution is 2.41. The zero-order valence-corrected chi connectivity index (χ0v) is 28.9. The molecule has 2 saturated carbocycles. The fourth-order valence-electron chi connectivity index (χ4n) is 7.43. The van der Waals surface area contributed by atoms with Crippen molar-refractivity contribution < 1.29 is 24.0 Å². The number of carbonyl (C=O) groups is 4. The van der Waals surface area contributed by atoms with Crippen LogP contribution in [-0.2, 0) is 30.4 Å². The maximum Gasteiger partial charge on any atom is 0.289 e. The summed E-state index contributed by atoms with van der Waals surface area (Å²) < 4.78 is 0. The first-order chi connectivity index (χ1) is 23.1. The average Bonchev–Trinajstić information content (AvgIpc) is 3.68. The molecule has 3 fully saturated rings. The van der Waals surface area contributed by atoms with Crippen LogP contribution in [0.1, 0.15) is 88.7 Å². The van der Waals surface area contributed by atoms with Crippen LogP contribution in [0.5, 0.6) is 0 Å². The fourth-order valence-corrected chi connectivity index (χ4v) is 7.98. The van der Waals surface area contributed by atoms with E-state index < -0.39 is 35.3 Å². The number of oxime groups is 1. The maximum absolute atomic E-state index is 14.1. The lowest BCUT2D eigenvalue weighted by Crippen LogP contribution is -2.53. The quantitative estimate of drug-likeness (QED) is 0.263. The van der Waals surface area contributed by atoms with Gasteiger partial charge < -0.3 is 20.4 Å². The molecule has 2 N–H and O–H groups in total. The number of nitrogens with zero attached hydrogens (tertiary/aromatic N) is 2. The van der Waals surface area contributed by atoms with Crippen molar-refractivity contribution in [3.05, 3.63) is 69.7 Å². The smallest absolute Gasteiger partial charge is 0.289 e. The van der Waals surface area contributed by atoms with E-state index in [-0.39, 0.29) is 30.8 Å². The van der Waals surface area contributed by atoms with Crippen LogP contribution in [0.3, 0.4) is 0 Å². The molecule has 48 heavy (non-hydrogen) atoms. The summed E-state index contributed by atoms with van der Waals surface area (Å²) in [6.07, 6.45) is 8.22. The Bertz CT molecular complexity index is 1540. The second kappa shape index (κ2) is 15.0. The van der Waals surface area contributed by atoms with Crippen molar-refractivity contribution in [3.8, 4) is 0 Å². The minimum Gasteiger partial charge on any atom is -0.387 e. The maximum atomic E-state index is 14.1. The van der Waals surface area contributed by atoms with Gasteiger partial charge in [-0.1, -0.05) is 78.1 Å². The van der Waals surface area contributed by atoms with Gasteiger partial charge in [0.2, 0.25) is 17.6 Å². The zero-order valence-electron chi connectivity index (χ0n) is 27.4. The van der Waals surface area contributed by atoms with Crippen LogP contribution in [0.4, 0.5) is 0 Å². The Hall–Kier alpha value is -3.43. The van der Waals surface area contributed by atoms with E-state index in [9.17, 15) is 19.2 Å². The van der Waals surface area contributed by atoms with E-state index in [2.05, 4.69) is 15.8 Å². The van der Waals surface area contributed by atoms with Crippen molar-refractivity contribution in [1.29, 1.82) is 0 Å². The number of ketones is 1. The van der Waals surface area contributed by atoms with E-state index >= 15 is 0 Å². The highest BCUT2D eigenvalue weighted by Gasteiger charge is 2.54. The summed E-state index contributed by atoms with van der Waals surface area (Å²) >= 11 is 12.9. The molecule has 3 amide bonds. The normalized spacial score (nSPS) is 25.7. The van der Waals surface area contributed by atoms with Gasteiger partial charge >= 0.3 is 0 Å². The summed E-state index contributed by atoms with van der Waals surface area (Å²) in [5, 5.41) is 11.4. The molecule has 1 saturated heterocycles. The zero-order chi connectivity index (χ0) is 33.8. The molecule has 11 heteroatoms. The Labute approximate surface area is 292 Å². The highest BCUT2D eigenvalue weighted by atomic mass is 35.5. The molecule has 2 aromatic carbocycles. The van der Waals surface area contributed by atoms with Crippen LogP contribution < -0.4 is 10.6 Å². The Morgan fingerprint density at radius 2 is 1.65 bits per heavy atom. The average molecular weight is 696 g/mol. The number of hydrogen-bond acceptors (Lipinski definition) is 6. The van der Waals surface area contributed by atoms with Gasteiger partial charge in [0.25, 0.3) is 5.91 Å². The lowest BCUT2D eigenvalue weighted by molar-refractivity contribution is -0.142. The first kappa shape index (κ1) is 34.4. The van der Waals surface area contributed by atoms with Gasteiger partial charge in [-0.05, 0) is 86.5 Å². The van der Waals surface area contributed by atoms with Crippen LogP contribution in [0.25, 0.3) is 0 Å². The van der Waals surface area contributed by atoms with E-state index in [1.807, 2.05) is 55.5 Å². The van der Waals surface area contributed by atoms with Gasteiger partial charge in [-0.2, -0.15) is 0 Å². The molecule has 2 heterocycles. The van der Waals surface area contributed by atoms with Crippen LogP contribution in [-0.4, -0.2) is 64.4 Å². The van der Waals surface area contributed by atoms with Gasteiger partial charge in [-0.15, -0.1) is 0 Å². The first-order valence-corrected chi connectivity index (χ1v) is 18.1. The molecule has 256 valence electrons. The Balaban J connectivity index is 1.13. The molecule has 0 unspecified atom stereocenters. The Morgan fingerprint density at radius 3 is 2.31 bits per heavy atom. The van der Waals surface area contributed by atoms with Gasteiger partial charge in [0, 0.05) is 35.3 Å². The predicted molar refractivity (Wildman–Crippen MR) is 185 cm³/mol. The SMILES string of the molecule is CCC[C@H](NC(=O)[C@@H]1C[C@]2(CC(c3ccccc3)=NO2)CN1C(=O)CC1CCC(Cc2c(Cl)cccc2Cl)CC1)C(=O)C(=O)NC1CC1. The molecule has 3 atom stereocenters. The predicted octanol–water partition coefficient (Wildman–Crippen LogP) is 6.03. The number of benzene rings is 2. The molecule has 0 bridgehead atoms. The van der Waals surface area contributed by atoms with E-state index in [1.54, 1.807) is 4.90 Å². The molecule has 2 aromatic rings. The largest absolute Gasteiger partial charge is 0.387 e. The molecular formula is C37H44Cl2N4O5. The second-order valence-corrected chi connectivity index (χ2v) is 14.9. The lowest BCUT2D eigenvalue weighted by atomic mass is 9.78. The monoisotopic (exact) mass is 694 g/mol. The van der Waals surface area contributed by atoms with E-state index in [0.717, 1.165) is 61.8 Å². The molecule has 2 aliphatic heterocycles. The van der Waals surface area contributed by atoms with Crippen molar-refractivity contribution in [2.24, 2.45) is 17.0 Å². The number of Topliss-reactive ketones (excluding diaryl/α,β-unsaturated/α-hetero) is 1. The number of nitrogens with one attached hydrogen (secondary N) is 2. The van der Waals surface area contributed by atoms with Crippen molar-refractivity contribution >= 4 is 52.4 Å². The van der Waals surface area contributed by atoms with Crippen molar-refractivity contribution in [2.75, 3.05) is 6.54 Å². The van der Waals surface area contributed by atoms with Crippen molar-refractivity contribution in [3.63, 3.8) is 0 Å². The minimum atomic E-state index is -0.961. The van der Waals surface area contributed by atoms with Gasteiger partial charge in [0.15, 0.2) is 5.60 Å². The molecule has 0 radical (unpaired) electrons. The number of carbonyl (C=O) groups excluding carboxylic acids is 4. The van der Waals surface area contributed by atoms with Crippen LogP contribution in [0, 0.1) is 11.8 Å². The van der Waals surface area contributed by atoms with Gasteiger partial charge in [0.05, 0.1) is 18.3 Å². The van der Waals surface area contributed by atoms with Crippen molar-refractivity contribution in [2.45, 2.75) is 108 Å². The van der Waals surface area contributed by atoms with E-state index in [1.165, 1.54) is 0 Å². The standard InChI is InChI=1S/C37H44Cl2N4O5/c1-2-7-30(34(45)36(47)40-26-16-17-26)41-35(46)32-21-37(20-31(42-48-37)25-8-4-3-5-9-25)22-43(32)33(44)19-24-14-12-23(13-15-24)18-27-28(38)10-6-11-29(27)39/h3-6,8-11,23-24,26,30,32H,2,7,12-22H2,1H3,(H,40,47)(H,41,46)/t23?,24?,30-,32-,37+/m0/s1. The number of likely N-dealkylation sites (tertiary alicyclic amines) is 1. The second-order valence-electron chi connectivity index (χ2n) is 14.1. The van der Waals surface area contributed by atoms with Gasteiger partial charge in [0.1, 0.15) is 6.04 Å². The van der Waals surface area contributed by atoms with E-state index in [4.69, 9.17) is 28.0 Å². The Kier molecular flexibility index (Phi) is 10.8. The van der Waals surface area contributed by atoms with Crippen LogP contribution >= 0.6 is 23.2 Å². The number of hydrogen-bond donors (Lipinski definition) is 2. The molecule has 6 rings (SSSR count). The summed E-state index contributed by atoms with van der Waals surface area (Å²) in [4.78, 5) is 61.4. The summed E-state index contributed by atoms with van der Waals surface area (Å²) in [5.41, 5.74) is 1.85. The number of rotatable bonds is 12. The molecular weight excluding hydrogens is 651 g/mol. The molecule has 4 aliphatic rings. The summed E-state index contributed by atoms with van der Waals surface area (Å²) in [7, 11) is 0. The van der Waals surface area contributed by atoms with Gasteiger partial charge in [-0.25, -0.2) is 0 Å². The summed E-state index contributed by atoms with van der Waals surface area (Å²) in [6, 6.07) is 13.6. The fraction of sp³-hybridized carbons (Fsp3) is 0.541. The first-order valence-electron chi connectivity index (χ1n) is 17.3. The molecule has 2 aliphatic carbocycles. The van der Waals surface area contributed by atoms with Crippen molar-refractivity contribution in [1.82, 2.24) is 15.5 Å². The Morgan fingerprint density at radius 1 is 0.958 bits per heavy atom. The van der Waals surface area contributed by atoms with Gasteiger partial charge in [-0.3, -0.25) is 19.2 Å². The number of halogens is 2. The summed E-state index contributed by atoms with van der Waals surface area (Å²) in [6.45, 7) is 2.12. The summed E-state index contributed by atoms with van der Waals surface area (Å²) in [5.74, 6) is -1.23.